The lowest BCUT2D eigenvalue weighted by Gasteiger charge is -2.42. The van der Waals surface area contributed by atoms with Gasteiger partial charge < -0.3 is 9.64 Å². The molecule has 2 saturated heterocycles. The fourth-order valence-electron chi connectivity index (χ4n) is 3.65. The number of hydrogen-bond acceptors (Lipinski definition) is 3. The summed E-state index contributed by atoms with van der Waals surface area (Å²) in [7, 11) is 0. The fourth-order valence-corrected chi connectivity index (χ4v) is 3.65. The average molecular weight is 296 g/mol. The standard InChI is InChI=1S/C17H32N2O2/c1-6-7-8-14-16(20)19(15(18-14)12(2)3)13-9-10-21-17(4,5)11-13/h12-15,18H,6-11H2,1-5H3. The van der Waals surface area contributed by atoms with E-state index in [9.17, 15) is 4.79 Å². The van der Waals surface area contributed by atoms with E-state index in [-0.39, 0.29) is 17.8 Å². The fraction of sp³-hybridized carbons (Fsp3) is 0.941. The first-order valence-electron chi connectivity index (χ1n) is 8.58. The number of unbranched alkanes of at least 4 members (excludes halogenated alkanes) is 1. The normalized spacial score (nSPS) is 33.0. The van der Waals surface area contributed by atoms with E-state index >= 15 is 0 Å². The van der Waals surface area contributed by atoms with E-state index in [2.05, 4.69) is 44.8 Å². The molecule has 3 atom stereocenters. The number of ether oxygens (including phenoxy) is 1. The van der Waals surface area contributed by atoms with Gasteiger partial charge in [0.25, 0.3) is 0 Å². The van der Waals surface area contributed by atoms with Gasteiger partial charge in [0.15, 0.2) is 0 Å². The quantitative estimate of drug-likeness (QED) is 0.848. The van der Waals surface area contributed by atoms with E-state index < -0.39 is 0 Å². The van der Waals surface area contributed by atoms with Crippen LogP contribution in [0.25, 0.3) is 0 Å². The molecule has 2 heterocycles. The maximum Gasteiger partial charge on any atom is 0.241 e. The van der Waals surface area contributed by atoms with Gasteiger partial charge in [0.05, 0.1) is 17.8 Å². The minimum absolute atomic E-state index is 0.0170. The van der Waals surface area contributed by atoms with E-state index in [1.165, 1.54) is 0 Å². The van der Waals surface area contributed by atoms with Crippen molar-refractivity contribution in [1.82, 2.24) is 10.2 Å². The van der Waals surface area contributed by atoms with Crippen molar-refractivity contribution in [2.24, 2.45) is 5.92 Å². The Kier molecular flexibility index (Phi) is 5.31. The van der Waals surface area contributed by atoms with Gasteiger partial charge in [0.1, 0.15) is 0 Å². The molecule has 0 saturated carbocycles. The van der Waals surface area contributed by atoms with Crippen molar-refractivity contribution >= 4 is 5.91 Å². The Labute approximate surface area is 129 Å². The molecule has 0 aromatic rings. The van der Waals surface area contributed by atoms with Gasteiger partial charge in [-0.25, -0.2) is 0 Å². The highest BCUT2D eigenvalue weighted by molar-refractivity contribution is 5.84. The summed E-state index contributed by atoms with van der Waals surface area (Å²) in [4.78, 5) is 15.0. The maximum atomic E-state index is 12.9. The van der Waals surface area contributed by atoms with Crippen LogP contribution in [0.4, 0.5) is 0 Å². The maximum absolute atomic E-state index is 12.9. The summed E-state index contributed by atoms with van der Waals surface area (Å²) >= 11 is 0. The molecule has 2 aliphatic rings. The van der Waals surface area contributed by atoms with E-state index in [0.717, 1.165) is 38.7 Å². The minimum atomic E-state index is -0.119. The summed E-state index contributed by atoms with van der Waals surface area (Å²) < 4.78 is 5.82. The minimum Gasteiger partial charge on any atom is -0.375 e. The Balaban J connectivity index is 2.12. The lowest BCUT2D eigenvalue weighted by atomic mass is 9.92. The molecule has 4 nitrogen and oxygen atoms in total. The van der Waals surface area contributed by atoms with Crippen molar-refractivity contribution in [3.63, 3.8) is 0 Å². The Hall–Kier alpha value is -0.610. The van der Waals surface area contributed by atoms with E-state index in [1.807, 2.05) is 0 Å². The molecule has 21 heavy (non-hydrogen) atoms. The molecule has 1 amide bonds. The number of amides is 1. The van der Waals surface area contributed by atoms with Gasteiger partial charge in [0.2, 0.25) is 5.91 Å². The first-order valence-corrected chi connectivity index (χ1v) is 8.58. The van der Waals surface area contributed by atoms with Gasteiger partial charge in [-0.05, 0) is 39.0 Å². The molecule has 0 aliphatic carbocycles. The van der Waals surface area contributed by atoms with Crippen LogP contribution >= 0.6 is 0 Å². The number of nitrogens with one attached hydrogen (secondary N) is 1. The molecule has 2 rings (SSSR count). The number of nitrogens with zero attached hydrogens (tertiary/aromatic N) is 1. The van der Waals surface area contributed by atoms with Gasteiger partial charge in [-0.3, -0.25) is 10.1 Å². The summed E-state index contributed by atoms with van der Waals surface area (Å²) in [5.74, 6) is 0.747. The topological polar surface area (TPSA) is 41.6 Å². The van der Waals surface area contributed by atoms with Gasteiger partial charge in [0, 0.05) is 12.6 Å². The highest BCUT2D eigenvalue weighted by atomic mass is 16.5. The zero-order chi connectivity index (χ0) is 15.6. The zero-order valence-electron chi connectivity index (χ0n) is 14.3. The molecule has 4 heteroatoms. The van der Waals surface area contributed by atoms with Crippen LogP contribution in [0.15, 0.2) is 0 Å². The Bertz CT molecular complexity index is 368. The predicted molar refractivity (Wildman–Crippen MR) is 85.0 cm³/mol. The van der Waals surface area contributed by atoms with Gasteiger partial charge in [-0.1, -0.05) is 33.6 Å². The third-order valence-electron chi connectivity index (χ3n) is 4.77. The SMILES string of the molecule is CCCCC1NC(C(C)C)N(C2CCOC(C)(C)C2)C1=O. The number of carbonyl (C=O) groups is 1. The highest BCUT2D eigenvalue weighted by Gasteiger charge is 2.45. The van der Waals surface area contributed by atoms with Crippen molar-refractivity contribution in [1.29, 1.82) is 0 Å². The van der Waals surface area contributed by atoms with Crippen molar-refractivity contribution in [2.45, 2.75) is 90.6 Å². The van der Waals surface area contributed by atoms with Crippen LogP contribution < -0.4 is 5.32 Å². The summed E-state index contributed by atoms with van der Waals surface area (Å²) in [5, 5.41) is 3.59. The molecule has 0 spiro atoms. The van der Waals surface area contributed by atoms with Crippen LogP contribution in [0.3, 0.4) is 0 Å². The zero-order valence-corrected chi connectivity index (χ0v) is 14.3. The van der Waals surface area contributed by atoms with Crippen molar-refractivity contribution < 1.29 is 9.53 Å². The van der Waals surface area contributed by atoms with Crippen LogP contribution in [-0.4, -0.2) is 41.3 Å². The number of hydrogen-bond donors (Lipinski definition) is 1. The second kappa shape index (κ2) is 6.66. The first kappa shape index (κ1) is 16.8. The molecule has 2 fully saturated rings. The lowest BCUT2D eigenvalue weighted by molar-refractivity contribution is -0.140. The second-order valence-electron chi connectivity index (χ2n) is 7.55. The molecule has 3 unspecified atom stereocenters. The van der Waals surface area contributed by atoms with E-state index in [1.54, 1.807) is 0 Å². The van der Waals surface area contributed by atoms with E-state index in [0.29, 0.717) is 17.9 Å². The van der Waals surface area contributed by atoms with E-state index in [4.69, 9.17) is 4.74 Å². The third-order valence-corrected chi connectivity index (χ3v) is 4.77. The summed E-state index contributed by atoms with van der Waals surface area (Å²) in [6.07, 6.45) is 5.29. The van der Waals surface area contributed by atoms with Crippen molar-refractivity contribution in [3.05, 3.63) is 0 Å². The van der Waals surface area contributed by atoms with Crippen LogP contribution in [0.2, 0.25) is 0 Å². The molecular weight excluding hydrogens is 264 g/mol. The predicted octanol–water partition coefficient (Wildman–Crippen LogP) is 2.92. The van der Waals surface area contributed by atoms with Gasteiger partial charge in [-0.15, -0.1) is 0 Å². The number of carbonyl (C=O) groups excluding carboxylic acids is 1. The van der Waals surface area contributed by atoms with Gasteiger partial charge in [-0.2, -0.15) is 0 Å². The van der Waals surface area contributed by atoms with Crippen LogP contribution in [0.1, 0.15) is 66.7 Å². The monoisotopic (exact) mass is 296 g/mol. The second-order valence-corrected chi connectivity index (χ2v) is 7.55. The Morgan fingerprint density at radius 3 is 2.71 bits per heavy atom. The third kappa shape index (κ3) is 3.78. The summed E-state index contributed by atoms with van der Waals surface area (Å²) in [6, 6.07) is 0.330. The Morgan fingerprint density at radius 1 is 1.43 bits per heavy atom. The van der Waals surface area contributed by atoms with Crippen LogP contribution in [-0.2, 0) is 9.53 Å². The van der Waals surface area contributed by atoms with Crippen LogP contribution in [0, 0.1) is 5.92 Å². The largest absolute Gasteiger partial charge is 0.375 e. The first-order chi connectivity index (χ1) is 9.85. The molecule has 0 aromatic heterocycles. The molecule has 0 aromatic carbocycles. The Morgan fingerprint density at radius 2 is 2.14 bits per heavy atom. The smallest absolute Gasteiger partial charge is 0.241 e. The summed E-state index contributed by atoms with van der Waals surface area (Å²) in [5.41, 5.74) is -0.119. The van der Waals surface area contributed by atoms with Crippen LogP contribution in [0.5, 0.6) is 0 Å². The molecule has 2 aliphatic heterocycles. The molecular formula is C17H32N2O2. The van der Waals surface area contributed by atoms with Gasteiger partial charge >= 0.3 is 0 Å². The molecule has 0 radical (unpaired) electrons. The lowest BCUT2D eigenvalue weighted by Crippen LogP contribution is -2.52. The van der Waals surface area contributed by atoms with Crippen molar-refractivity contribution in [2.75, 3.05) is 6.61 Å². The summed E-state index contributed by atoms with van der Waals surface area (Å²) in [6.45, 7) is 11.6. The highest BCUT2D eigenvalue weighted by Crippen LogP contribution is 2.32. The number of rotatable bonds is 5. The van der Waals surface area contributed by atoms with Crippen molar-refractivity contribution in [3.8, 4) is 0 Å². The molecule has 0 bridgehead atoms. The average Bonchev–Trinajstić information content (AvgIpc) is 2.72. The molecule has 1 N–H and O–H groups in total. The molecule has 122 valence electrons.